The van der Waals surface area contributed by atoms with Crippen molar-refractivity contribution in [3.05, 3.63) is 24.3 Å². The van der Waals surface area contributed by atoms with Gasteiger partial charge in [0.2, 0.25) is 15.9 Å². The molecule has 8 nitrogen and oxygen atoms in total. The Labute approximate surface area is 189 Å². The predicted molar refractivity (Wildman–Crippen MR) is 125 cm³/mol. The molecule has 0 aliphatic rings. The minimum absolute atomic E-state index is 0.0624. The number of sulfonamides is 1. The monoisotopic (exact) mass is 467 g/mol. The maximum absolute atomic E-state index is 13.0. The van der Waals surface area contributed by atoms with Crippen LogP contribution in [0.25, 0.3) is 11.4 Å². The van der Waals surface area contributed by atoms with Crippen LogP contribution in [0.4, 0.5) is 0 Å². The number of hydrogen-bond donors (Lipinski definition) is 1. The summed E-state index contributed by atoms with van der Waals surface area (Å²) in [6.07, 6.45) is 0.841. The molecule has 1 aromatic heterocycles. The first-order valence-electron chi connectivity index (χ1n) is 10.6. The van der Waals surface area contributed by atoms with Crippen molar-refractivity contribution in [1.29, 1.82) is 0 Å². The quantitative estimate of drug-likeness (QED) is 0.508. The van der Waals surface area contributed by atoms with Crippen molar-refractivity contribution in [2.45, 2.75) is 70.1 Å². The van der Waals surface area contributed by atoms with E-state index in [9.17, 15) is 13.2 Å². The highest BCUT2D eigenvalue weighted by Gasteiger charge is 2.24. The highest BCUT2D eigenvalue weighted by atomic mass is 32.2. The van der Waals surface area contributed by atoms with Crippen molar-refractivity contribution < 1.29 is 13.2 Å². The third-order valence-corrected chi connectivity index (χ3v) is 7.90. The smallest absolute Gasteiger partial charge is 0.243 e. The Morgan fingerprint density at radius 2 is 1.84 bits per heavy atom. The summed E-state index contributed by atoms with van der Waals surface area (Å²) in [7, 11) is -3.58. The molecule has 0 aliphatic heterocycles. The SMILES string of the molecule is CCC(C)n1c(SCC(=O)NC(C)C)nnc1-c1cccc(S(=O)(=O)N(CC)CC)c1. The zero-order valence-electron chi connectivity index (χ0n) is 19.1. The molecule has 0 fully saturated rings. The summed E-state index contributed by atoms with van der Waals surface area (Å²) in [5.41, 5.74) is 0.680. The van der Waals surface area contributed by atoms with Crippen molar-refractivity contribution in [2.75, 3.05) is 18.8 Å². The molecular formula is C21H33N5O3S2. The number of nitrogens with one attached hydrogen (secondary N) is 1. The molecule has 1 atom stereocenters. The van der Waals surface area contributed by atoms with E-state index in [0.717, 1.165) is 6.42 Å². The van der Waals surface area contributed by atoms with Crippen molar-refractivity contribution in [1.82, 2.24) is 24.4 Å². The molecule has 0 saturated carbocycles. The molecule has 0 radical (unpaired) electrons. The first-order valence-corrected chi connectivity index (χ1v) is 13.1. The Hall–Kier alpha value is -1.91. The minimum atomic E-state index is -3.58. The van der Waals surface area contributed by atoms with Gasteiger partial charge in [-0.15, -0.1) is 10.2 Å². The maximum atomic E-state index is 13.0. The van der Waals surface area contributed by atoms with Gasteiger partial charge in [0, 0.05) is 30.7 Å². The van der Waals surface area contributed by atoms with Crippen LogP contribution in [0.15, 0.2) is 34.3 Å². The van der Waals surface area contributed by atoms with Crippen LogP contribution in [-0.2, 0) is 14.8 Å². The number of benzene rings is 1. The number of nitrogens with zero attached hydrogens (tertiary/aromatic N) is 4. The van der Waals surface area contributed by atoms with Gasteiger partial charge in [0.25, 0.3) is 0 Å². The molecule has 1 aromatic carbocycles. The molecule has 31 heavy (non-hydrogen) atoms. The van der Waals surface area contributed by atoms with E-state index in [2.05, 4.69) is 29.4 Å². The second-order valence-corrected chi connectivity index (χ2v) is 10.4. The van der Waals surface area contributed by atoms with E-state index in [1.54, 1.807) is 18.2 Å². The van der Waals surface area contributed by atoms with Gasteiger partial charge in [-0.3, -0.25) is 9.36 Å². The van der Waals surface area contributed by atoms with Crippen molar-refractivity contribution in [2.24, 2.45) is 0 Å². The molecule has 1 heterocycles. The molecule has 0 bridgehead atoms. The van der Waals surface area contributed by atoms with Gasteiger partial charge < -0.3 is 5.32 Å². The molecule has 10 heteroatoms. The van der Waals surface area contributed by atoms with E-state index in [1.165, 1.54) is 16.1 Å². The maximum Gasteiger partial charge on any atom is 0.243 e. The number of carbonyl (C=O) groups excluding carboxylic acids is 1. The highest BCUT2D eigenvalue weighted by molar-refractivity contribution is 7.99. The highest BCUT2D eigenvalue weighted by Crippen LogP contribution is 2.30. The normalized spacial score (nSPS) is 13.0. The summed E-state index contributed by atoms with van der Waals surface area (Å²) in [6, 6.07) is 6.98. The van der Waals surface area contributed by atoms with E-state index < -0.39 is 10.0 Å². The summed E-state index contributed by atoms with van der Waals surface area (Å²) in [5, 5.41) is 12.2. The largest absolute Gasteiger partial charge is 0.353 e. The van der Waals surface area contributed by atoms with Gasteiger partial charge in [-0.1, -0.05) is 44.7 Å². The number of thioether (sulfide) groups is 1. The van der Waals surface area contributed by atoms with Crippen molar-refractivity contribution in [3.63, 3.8) is 0 Å². The van der Waals surface area contributed by atoms with Gasteiger partial charge in [0.05, 0.1) is 10.6 Å². The van der Waals surface area contributed by atoms with Crippen LogP contribution in [0, 0.1) is 0 Å². The lowest BCUT2D eigenvalue weighted by molar-refractivity contribution is -0.119. The van der Waals surface area contributed by atoms with Crippen LogP contribution >= 0.6 is 11.8 Å². The van der Waals surface area contributed by atoms with E-state index >= 15 is 0 Å². The minimum Gasteiger partial charge on any atom is -0.353 e. The van der Waals surface area contributed by atoms with Crippen molar-refractivity contribution in [3.8, 4) is 11.4 Å². The summed E-state index contributed by atoms with van der Waals surface area (Å²) >= 11 is 1.33. The Kier molecular flexibility index (Phi) is 9.08. The predicted octanol–water partition coefficient (Wildman–Crippen LogP) is 3.56. The molecule has 1 amide bonds. The van der Waals surface area contributed by atoms with E-state index in [0.29, 0.717) is 29.6 Å². The average Bonchev–Trinajstić information content (AvgIpc) is 3.16. The van der Waals surface area contributed by atoms with Crippen LogP contribution in [0.2, 0.25) is 0 Å². The first kappa shape index (κ1) is 25.4. The summed E-state index contributed by atoms with van der Waals surface area (Å²) in [6.45, 7) is 12.4. The third kappa shape index (κ3) is 6.08. The van der Waals surface area contributed by atoms with Gasteiger partial charge in [-0.05, 0) is 39.3 Å². The number of aromatic nitrogens is 3. The summed E-state index contributed by atoms with van der Waals surface area (Å²) in [4.78, 5) is 12.3. The lowest BCUT2D eigenvalue weighted by atomic mass is 10.2. The molecule has 2 aromatic rings. The standard InChI is InChI=1S/C21H33N5O3S2/c1-7-16(6)26-20(23-24-21(26)30-14-19(27)22-15(4)5)17-11-10-12-18(13-17)31(28,29)25(8-2)9-3/h10-13,15-16H,7-9,14H2,1-6H3,(H,22,27). The van der Waals surface area contributed by atoms with Gasteiger partial charge in [0.1, 0.15) is 0 Å². The molecule has 1 unspecified atom stereocenters. The summed E-state index contributed by atoms with van der Waals surface area (Å²) in [5.74, 6) is 0.772. The average molecular weight is 468 g/mol. The Morgan fingerprint density at radius 3 is 2.42 bits per heavy atom. The van der Waals surface area contributed by atoms with Gasteiger partial charge >= 0.3 is 0 Å². The third-order valence-electron chi connectivity index (χ3n) is 4.91. The first-order chi connectivity index (χ1) is 14.6. The lowest BCUT2D eigenvalue weighted by Gasteiger charge is -2.19. The van der Waals surface area contributed by atoms with Crippen LogP contribution < -0.4 is 5.32 Å². The fraction of sp³-hybridized carbons (Fsp3) is 0.571. The molecular weight excluding hydrogens is 434 g/mol. The molecule has 0 saturated heterocycles. The molecule has 0 aliphatic carbocycles. The number of amides is 1. The van der Waals surface area contributed by atoms with Gasteiger partial charge in [-0.25, -0.2) is 8.42 Å². The van der Waals surface area contributed by atoms with Crippen LogP contribution in [0.3, 0.4) is 0 Å². The second-order valence-electron chi connectivity index (χ2n) is 7.56. The molecule has 1 N–H and O–H groups in total. The number of rotatable bonds is 11. The van der Waals surface area contributed by atoms with Crippen LogP contribution in [0.5, 0.6) is 0 Å². The molecule has 172 valence electrons. The van der Waals surface area contributed by atoms with E-state index in [-0.39, 0.29) is 28.6 Å². The van der Waals surface area contributed by atoms with E-state index in [4.69, 9.17) is 0 Å². The van der Waals surface area contributed by atoms with Crippen molar-refractivity contribution >= 4 is 27.7 Å². The molecule has 0 spiro atoms. The Bertz CT molecular complexity index is 985. The lowest BCUT2D eigenvalue weighted by Crippen LogP contribution is -2.31. The van der Waals surface area contributed by atoms with E-state index in [1.807, 2.05) is 38.3 Å². The zero-order chi connectivity index (χ0) is 23.2. The topological polar surface area (TPSA) is 97.2 Å². The molecule has 2 rings (SSSR count). The fourth-order valence-electron chi connectivity index (χ4n) is 3.15. The van der Waals surface area contributed by atoms with Crippen LogP contribution in [-0.4, -0.2) is 58.3 Å². The van der Waals surface area contributed by atoms with Gasteiger partial charge in [0.15, 0.2) is 11.0 Å². The number of hydrogen-bond acceptors (Lipinski definition) is 6. The fourth-order valence-corrected chi connectivity index (χ4v) is 5.51. The van der Waals surface area contributed by atoms with Crippen LogP contribution in [0.1, 0.15) is 54.0 Å². The number of carbonyl (C=O) groups is 1. The Balaban J connectivity index is 2.43. The summed E-state index contributed by atoms with van der Waals surface area (Å²) < 4.78 is 29.3. The zero-order valence-corrected chi connectivity index (χ0v) is 20.8. The Morgan fingerprint density at radius 1 is 1.16 bits per heavy atom. The van der Waals surface area contributed by atoms with Gasteiger partial charge in [-0.2, -0.15) is 4.31 Å². The second kappa shape index (κ2) is 11.1.